The fourth-order valence-corrected chi connectivity index (χ4v) is 2.50. The molecule has 0 unspecified atom stereocenters. The second-order valence-electron chi connectivity index (χ2n) is 5.76. The minimum atomic E-state index is -0.350. The molecule has 3 rings (SSSR count). The Bertz CT molecular complexity index is 481. The Morgan fingerprint density at radius 2 is 1.79 bits per heavy atom. The lowest BCUT2D eigenvalue weighted by Gasteiger charge is -2.24. The van der Waals surface area contributed by atoms with E-state index in [4.69, 9.17) is 5.73 Å². The average molecular weight is 261 g/mol. The number of benzene rings is 1. The van der Waals surface area contributed by atoms with Crippen LogP contribution in [0.3, 0.4) is 0 Å². The number of nitro groups is 1. The van der Waals surface area contributed by atoms with Crippen molar-refractivity contribution in [3.63, 3.8) is 0 Å². The van der Waals surface area contributed by atoms with E-state index < -0.39 is 0 Å². The fourth-order valence-electron chi connectivity index (χ4n) is 2.50. The Labute approximate surface area is 112 Å². The van der Waals surface area contributed by atoms with Gasteiger partial charge in [0.1, 0.15) is 11.4 Å². The molecule has 2 aliphatic carbocycles. The largest absolute Gasteiger partial charge is 0.393 e. The minimum Gasteiger partial charge on any atom is -0.393 e. The van der Waals surface area contributed by atoms with Crippen LogP contribution in [-0.4, -0.2) is 18.0 Å². The maximum atomic E-state index is 11.2. The minimum absolute atomic E-state index is 0.0730. The van der Waals surface area contributed by atoms with Gasteiger partial charge in [0.25, 0.3) is 0 Å². The lowest BCUT2D eigenvalue weighted by molar-refractivity contribution is -0.383. The van der Waals surface area contributed by atoms with Crippen LogP contribution in [0.4, 0.5) is 17.1 Å². The summed E-state index contributed by atoms with van der Waals surface area (Å²) in [6.07, 6.45) is 4.99. The zero-order valence-corrected chi connectivity index (χ0v) is 10.9. The van der Waals surface area contributed by atoms with Crippen molar-refractivity contribution in [3.8, 4) is 0 Å². The normalized spacial score (nSPS) is 18.3. The van der Waals surface area contributed by atoms with Crippen LogP contribution in [0.1, 0.15) is 25.7 Å². The molecule has 2 saturated carbocycles. The number of rotatable bonds is 6. The second kappa shape index (κ2) is 4.72. The predicted molar refractivity (Wildman–Crippen MR) is 75.2 cm³/mol. The Morgan fingerprint density at radius 1 is 1.21 bits per heavy atom. The molecule has 19 heavy (non-hydrogen) atoms. The molecule has 5 nitrogen and oxygen atoms in total. The van der Waals surface area contributed by atoms with Crippen LogP contribution in [0.2, 0.25) is 0 Å². The lowest BCUT2D eigenvalue weighted by Crippen LogP contribution is -2.28. The Kier molecular flexibility index (Phi) is 3.05. The van der Waals surface area contributed by atoms with Crippen molar-refractivity contribution in [2.24, 2.45) is 11.8 Å². The number of hydrogen-bond acceptors (Lipinski definition) is 4. The molecule has 1 aromatic rings. The predicted octanol–water partition coefficient (Wildman–Crippen LogP) is 2.80. The molecule has 102 valence electrons. The molecule has 0 atom stereocenters. The number of hydrogen-bond donors (Lipinski definition) is 1. The van der Waals surface area contributed by atoms with Gasteiger partial charge in [-0.3, -0.25) is 10.1 Å². The van der Waals surface area contributed by atoms with Crippen LogP contribution >= 0.6 is 0 Å². The third-order valence-electron chi connectivity index (χ3n) is 3.92. The number of nitrogens with zero attached hydrogens (tertiary/aromatic N) is 2. The fraction of sp³-hybridized carbons (Fsp3) is 0.571. The maximum absolute atomic E-state index is 11.2. The average Bonchev–Trinajstić information content (AvgIpc) is 3.22. The molecular weight excluding hydrogens is 242 g/mol. The summed E-state index contributed by atoms with van der Waals surface area (Å²) in [7, 11) is 0. The first-order valence-electron chi connectivity index (χ1n) is 6.93. The van der Waals surface area contributed by atoms with Crippen LogP contribution in [0.15, 0.2) is 18.2 Å². The third kappa shape index (κ3) is 2.80. The summed E-state index contributed by atoms with van der Waals surface area (Å²) in [5, 5.41) is 11.2. The quantitative estimate of drug-likeness (QED) is 0.485. The zero-order chi connectivity index (χ0) is 13.4. The van der Waals surface area contributed by atoms with Crippen LogP contribution in [0, 0.1) is 22.0 Å². The van der Waals surface area contributed by atoms with E-state index in [-0.39, 0.29) is 16.3 Å². The molecule has 2 aliphatic rings. The van der Waals surface area contributed by atoms with Crippen LogP contribution in [0.25, 0.3) is 0 Å². The molecule has 0 saturated heterocycles. The number of anilines is 2. The van der Waals surface area contributed by atoms with Gasteiger partial charge in [-0.15, -0.1) is 0 Å². The highest BCUT2D eigenvalue weighted by Gasteiger charge is 2.32. The first-order valence-corrected chi connectivity index (χ1v) is 6.93. The SMILES string of the molecule is Nc1cccc(N(CC2CC2)CC2CC2)c1[N+](=O)[O-]. The van der Waals surface area contributed by atoms with Gasteiger partial charge in [0.2, 0.25) is 0 Å². The molecule has 5 heteroatoms. The molecular formula is C14H19N3O2. The Balaban J connectivity index is 1.90. The molecule has 2 fully saturated rings. The molecule has 0 bridgehead atoms. The number of nitro benzene ring substituents is 1. The van der Waals surface area contributed by atoms with Crippen molar-refractivity contribution in [1.29, 1.82) is 0 Å². The first-order chi connectivity index (χ1) is 9.15. The molecule has 0 aromatic heterocycles. The van der Waals surface area contributed by atoms with E-state index in [1.54, 1.807) is 6.07 Å². The standard InChI is InChI=1S/C14H19N3O2/c15-12-2-1-3-13(14(12)17(18)19)16(8-10-4-5-10)9-11-6-7-11/h1-3,10-11H,4-9,15H2. The van der Waals surface area contributed by atoms with E-state index in [0.717, 1.165) is 13.1 Å². The lowest BCUT2D eigenvalue weighted by atomic mass is 10.2. The summed E-state index contributed by atoms with van der Waals surface area (Å²) in [4.78, 5) is 13.1. The van der Waals surface area contributed by atoms with E-state index in [1.807, 2.05) is 12.1 Å². The Hall–Kier alpha value is -1.78. The van der Waals surface area contributed by atoms with Crippen molar-refractivity contribution in [2.45, 2.75) is 25.7 Å². The molecule has 0 spiro atoms. The van der Waals surface area contributed by atoms with Crippen molar-refractivity contribution < 1.29 is 4.92 Å². The molecule has 1 aromatic carbocycles. The summed E-state index contributed by atoms with van der Waals surface area (Å²) in [6, 6.07) is 5.25. The van der Waals surface area contributed by atoms with Crippen molar-refractivity contribution >= 4 is 17.1 Å². The van der Waals surface area contributed by atoms with Gasteiger partial charge in [-0.25, -0.2) is 0 Å². The van der Waals surface area contributed by atoms with E-state index in [1.165, 1.54) is 25.7 Å². The summed E-state index contributed by atoms with van der Waals surface area (Å²) >= 11 is 0. The van der Waals surface area contributed by atoms with Gasteiger partial charge in [0.05, 0.1) is 4.92 Å². The van der Waals surface area contributed by atoms with Crippen LogP contribution in [0.5, 0.6) is 0 Å². The van der Waals surface area contributed by atoms with E-state index in [0.29, 0.717) is 17.5 Å². The van der Waals surface area contributed by atoms with Gasteiger partial charge < -0.3 is 10.6 Å². The summed E-state index contributed by atoms with van der Waals surface area (Å²) in [5.41, 5.74) is 6.82. The highest BCUT2D eigenvalue weighted by Crippen LogP contribution is 2.40. The first kappa shape index (κ1) is 12.3. The maximum Gasteiger partial charge on any atom is 0.315 e. The molecule has 2 N–H and O–H groups in total. The number of para-hydroxylation sites is 1. The smallest absolute Gasteiger partial charge is 0.315 e. The summed E-state index contributed by atoms with van der Waals surface area (Å²) in [6.45, 7) is 1.86. The van der Waals surface area contributed by atoms with Crippen LogP contribution in [-0.2, 0) is 0 Å². The van der Waals surface area contributed by atoms with Gasteiger partial charge in [-0.1, -0.05) is 6.07 Å². The number of nitrogens with two attached hydrogens (primary N) is 1. The highest BCUT2D eigenvalue weighted by atomic mass is 16.6. The molecule has 0 amide bonds. The Morgan fingerprint density at radius 3 is 2.26 bits per heavy atom. The van der Waals surface area contributed by atoms with Gasteiger partial charge in [0.15, 0.2) is 0 Å². The monoisotopic (exact) mass is 261 g/mol. The van der Waals surface area contributed by atoms with Gasteiger partial charge in [-0.05, 0) is 49.7 Å². The zero-order valence-electron chi connectivity index (χ0n) is 10.9. The molecule has 0 radical (unpaired) electrons. The summed E-state index contributed by atoms with van der Waals surface area (Å²) < 4.78 is 0. The van der Waals surface area contributed by atoms with E-state index >= 15 is 0 Å². The van der Waals surface area contributed by atoms with E-state index in [9.17, 15) is 10.1 Å². The van der Waals surface area contributed by atoms with Crippen LogP contribution < -0.4 is 10.6 Å². The highest BCUT2D eigenvalue weighted by molar-refractivity contribution is 5.75. The molecule has 0 heterocycles. The van der Waals surface area contributed by atoms with E-state index in [2.05, 4.69) is 4.90 Å². The van der Waals surface area contributed by atoms with Gasteiger partial charge in [-0.2, -0.15) is 0 Å². The topological polar surface area (TPSA) is 72.4 Å². The van der Waals surface area contributed by atoms with Gasteiger partial charge in [0, 0.05) is 13.1 Å². The third-order valence-corrected chi connectivity index (χ3v) is 3.92. The molecule has 0 aliphatic heterocycles. The van der Waals surface area contributed by atoms with Gasteiger partial charge >= 0.3 is 5.69 Å². The number of nitrogen functional groups attached to an aromatic ring is 1. The summed E-state index contributed by atoms with van der Waals surface area (Å²) in [5.74, 6) is 1.42. The van der Waals surface area contributed by atoms with Crippen molar-refractivity contribution in [1.82, 2.24) is 0 Å². The van der Waals surface area contributed by atoms with Crippen molar-refractivity contribution in [2.75, 3.05) is 23.7 Å². The van der Waals surface area contributed by atoms with Crippen molar-refractivity contribution in [3.05, 3.63) is 28.3 Å². The second-order valence-corrected chi connectivity index (χ2v) is 5.76.